The first-order valence-corrected chi connectivity index (χ1v) is 8.88. The van der Waals surface area contributed by atoms with Gasteiger partial charge in [-0.25, -0.2) is 27.5 Å². The first-order chi connectivity index (χ1) is 14.3. The molecule has 1 aliphatic rings. The lowest BCUT2D eigenvalue weighted by Crippen LogP contribution is -2.52. The predicted molar refractivity (Wildman–Crippen MR) is 98.5 cm³/mol. The van der Waals surface area contributed by atoms with E-state index in [9.17, 15) is 26.7 Å². The first-order valence-electron chi connectivity index (χ1n) is 8.50. The van der Waals surface area contributed by atoms with Gasteiger partial charge in [0.25, 0.3) is 18.1 Å². The molecule has 13 heteroatoms. The second kappa shape index (κ2) is 8.00. The Labute approximate surface area is 176 Å². The lowest BCUT2D eigenvalue weighted by Gasteiger charge is -2.36. The standard InChI is InChI=1S/C18H13ClF6N4O2/c1-7-17(23,29-16(26)18(24,25)31-7)10-5-9(2-3-12(10)20)28-15(30)13-11(19)4-8(6-27-13)14(21)22/h2-7,14H,1H3,(H2,26,29)(H,28,30). The van der Waals surface area contributed by atoms with Gasteiger partial charge in [-0.3, -0.25) is 4.79 Å². The molecule has 6 nitrogen and oxygen atoms in total. The molecule has 0 radical (unpaired) electrons. The minimum atomic E-state index is -4.04. The summed E-state index contributed by atoms with van der Waals surface area (Å²) in [7, 11) is 0. The number of benzene rings is 1. The molecular weight excluding hydrogens is 454 g/mol. The number of alkyl halides is 5. The van der Waals surface area contributed by atoms with Crippen LogP contribution >= 0.6 is 11.6 Å². The number of nitrogens with zero attached hydrogens (tertiary/aromatic N) is 2. The number of hydrogen-bond donors (Lipinski definition) is 2. The number of rotatable bonds is 4. The van der Waals surface area contributed by atoms with Gasteiger partial charge in [0.05, 0.1) is 10.6 Å². The number of carbonyl (C=O) groups excluding carboxylic acids is 1. The highest BCUT2D eigenvalue weighted by atomic mass is 35.5. The fourth-order valence-electron chi connectivity index (χ4n) is 2.77. The second-order valence-corrected chi connectivity index (χ2v) is 6.90. The molecule has 166 valence electrons. The van der Waals surface area contributed by atoms with Crippen molar-refractivity contribution in [1.82, 2.24) is 4.98 Å². The van der Waals surface area contributed by atoms with Crippen LogP contribution in [0.4, 0.5) is 32.0 Å². The zero-order valence-electron chi connectivity index (χ0n) is 15.5. The zero-order chi connectivity index (χ0) is 23.1. The Morgan fingerprint density at radius 3 is 2.58 bits per heavy atom. The highest BCUT2D eigenvalue weighted by Crippen LogP contribution is 2.42. The maximum absolute atomic E-state index is 15.4. The molecule has 0 saturated carbocycles. The topological polar surface area (TPSA) is 89.6 Å². The third kappa shape index (κ3) is 4.30. The molecule has 2 heterocycles. The molecule has 0 spiro atoms. The Bertz CT molecular complexity index is 1070. The van der Waals surface area contributed by atoms with Gasteiger partial charge in [-0.1, -0.05) is 11.6 Å². The molecule has 2 aromatic rings. The number of carbonyl (C=O) groups is 1. The summed E-state index contributed by atoms with van der Waals surface area (Å²) in [6.07, 6.45) is -8.09. The normalized spacial score (nSPS) is 22.9. The molecule has 0 saturated heterocycles. The molecule has 0 fully saturated rings. The summed E-state index contributed by atoms with van der Waals surface area (Å²) in [5.41, 5.74) is 3.09. The molecule has 2 unspecified atom stereocenters. The van der Waals surface area contributed by atoms with Crippen molar-refractivity contribution in [3.05, 3.63) is 58.1 Å². The predicted octanol–water partition coefficient (Wildman–Crippen LogP) is 4.56. The van der Waals surface area contributed by atoms with Gasteiger partial charge in [0.2, 0.25) is 0 Å². The van der Waals surface area contributed by atoms with Gasteiger partial charge in [0, 0.05) is 17.4 Å². The van der Waals surface area contributed by atoms with Crippen LogP contribution in [0.15, 0.2) is 35.5 Å². The van der Waals surface area contributed by atoms with Crippen molar-refractivity contribution in [3.8, 4) is 0 Å². The van der Waals surface area contributed by atoms with Crippen molar-refractivity contribution < 1.29 is 35.9 Å². The van der Waals surface area contributed by atoms with E-state index < -0.39 is 58.8 Å². The Morgan fingerprint density at radius 2 is 1.97 bits per heavy atom. The van der Waals surface area contributed by atoms with E-state index in [0.29, 0.717) is 0 Å². The Kier molecular flexibility index (Phi) is 5.89. The van der Waals surface area contributed by atoms with E-state index in [1.807, 2.05) is 0 Å². The number of nitrogens with two attached hydrogens (primary N) is 1. The minimum absolute atomic E-state index is 0.187. The van der Waals surface area contributed by atoms with E-state index >= 15 is 4.39 Å². The van der Waals surface area contributed by atoms with Crippen LogP contribution in [0.3, 0.4) is 0 Å². The van der Waals surface area contributed by atoms with Crippen LogP contribution in [0, 0.1) is 5.82 Å². The van der Waals surface area contributed by atoms with Crippen LogP contribution in [0.1, 0.15) is 35.0 Å². The molecule has 0 bridgehead atoms. The number of amidine groups is 1. The van der Waals surface area contributed by atoms with Crippen molar-refractivity contribution >= 4 is 29.0 Å². The van der Waals surface area contributed by atoms with Crippen LogP contribution in [0.25, 0.3) is 0 Å². The molecule has 1 amide bonds. The van der Waals surface area contributed by atoms with Gasteiger partial charge in [-0.05, 0) is 31.2 Å². The molecule has 3 rings (SSSR count). The Balaban J connectivity index is 1.93. The van der Waals surface area contributed by atoms with Crippen LogP contribution in [-0.2, 0) is 10.5 Å². The van der Waals surface area contributed by atoms with Crippen molar-refractivity contribution in [2.75, 3.05) is 5.32 Å². The summed E-state index contributed by atoms with van der Waals surface area (Å²) in [5, 5.41) is 1.86. The highest BCUT2D eigenvalue weighted by Gasteiger charge is 2.53. The van der Waals surface area contributed by atoms with Crippen LogP contribution < -0.4 is 11.1 Å². The van der Waals surface area contributed by atoms with E-state index in [0.717, 1.165) is 37.4 Å². The Hall–Kier alpha value is -2.86. The van der Waals surface area contributed by atoms with E-state index in [2.05, 4.69) is 20.0 Å². The van der Waals surface area contributed by atoms with Crippen molar-refractivity contribution in [2.24, 2.45) is 10.7 Å². The fourth-order valence-corrected chi connectivity index (χ4v) is 3.03. The highest BCUT2D eigenvalue weighted by molar-refractivity contribution is 6.34. The smallest absolute Gasteiger partial charge is 0.380 e. The van der Waals surface area contributed by atoms with E-state index in [1.54, 1.807) is 0 Å². The summed E-state index contributed by atoms with van der Waals surface area (Å²) in [5.74, 6) is -6.75. The molecule has 2 atom stereocenters. The number of ether oxygens (including phenoxy) is 1. The lowest BCUT2D eigenvalue weighted by atomic mass is 9.97. The first kappa shape index (κ1) is 22.8. The van der Waals surface area contributed by atoms with Crippen LogP contribution in [0.2, 0.25) is 5.02 Å². The maximum atomic E-state index is 15.4. The third-order valence-corrected chi connectivity index (χ3v) is 4.66. The quantitative estimate of drug-likeness (QED) is 0.511. The SMILES string of the molecule is CC1OC(F)(F)C(N)=NC1(F)c1cc(NC(=O)c2ncc(C(F)F)cc2Cl)ccc1F. The molecular formula is C18H13ClF6N4O2. The van der Waals surface area contributed by atoms with Gasteiger partial charge in [-0.15, -0.1) is 0 Å². The molecule has 0 aliphatic carbocycles. The molecule has 3 N–H and O–H groups in total. The van der Waals surface area contributed by atoms with E-state index in [-0.39, 0.29) is 10.7 Å². The van der Waals surface area contributed by atoms with Gasteiger partial charge in [0.1, 0.15) is 17.6 Å². The number of nitrogens with one attached hydrogen (secondary N) is 1. The summed E-state index contributed by atoms with van der Waals surface area (Å²) in [6, 6.07) is 3.44. The summed E-state index contributed by atoms with van der Waals surface area (Å²) < 4.78 is 86.3. The Morgan fingerprint density at radius 1 is 1.29 bits per heavy atom. The number of aromatic nitrogens is 1. The molecule has 1 aromatic carbocycles. The second-order valence-electron chi connectivity index (χ2n) is 6.50. The molecule has 1 aromatic heterocycles. The average molecular weight is 467 g/mol. The van der Waals surface area contributed by atoms with Crippen LogP contribution in [-0.4, -0.2) is 28.9 Å². The average Bonchev–Trinajstić information content (AvgIpc) is 2.67. The number of anilines is 1. The van der Waals surface area contributed by atoms with Crippen molar-refractivity contribution in [2.45, 2.75) is 31.4 Å². The number of aliphatic imine (C=N–C) groups is 1. The number of hydrogen-bond acceptors (Lipinski definition) is 5. The summed E-state index contributed by atoms with van der Waals surface area (Å²) in [4.78, 5) is 19.0. The van der Waals surface area contributed by atoms with Crippen LogP contribution in [0.5, 0.6) is 0 Å². The minimum Gasteiger partial charge on any atom is -0.380 e. The van der Waals surface area contributed by atoms with Gasteiger partial charge >= 0.3 is 6.11 Å². The third-order valence-electron chi connectivity index (χ3n) is 4.38. The molecule has 31 heavy (non-hydrogen) atoms. The summed E-state index contributed by atoms with van der Waals surface area (Å²) in [6.45, 7) is 0.906. The van der Waals surface area contributed by atoms with Gasteiger partial charge < -0.3 is 15.8 Å². The zero-order valence-corrected chi connectivity index (χ0v) is 16.2. The summed E-state index contributed by atoms with van der Waals surface area (Å²) >= 11 is 5.80. The van der Waals surface area contributed by atoms with Gasteiger partial charge in [0.15, 0.2) is 5.84 Å². The fraction of sp³-hybridized carbons (Fsp3) is 0.278. The number of halogens is 7. The largest absolute Gasteiger partial charge is 0.415 e. The van der Waals surface area contributed by atoms with Crippen molar-refractivity contribution in [1.29, 1.82) is 0 Å². The van der Waals surface area contributed by atoms with Gasteiger partial charge in [-0.2, -0.15) is 8.78 Å². The van der Waals surface area contributed by atoms with E-state index in [4.69, 9.17) is 17.3 Å². The van der Waals surface area contributed by atoms with E-state index in [1.165, 1.54) is 0 Å². The lowest BCUT2D eigenvalue weighted by molar-refractivity contribution is -0.248. The number of amides is 1. The maximum Gasteiger partial charge on any atom is 0.415 e. The van der Waals surface area contributed by atoms with Crippen molar-refractivity contribution in [3.63, 3.8) is 0 Å². The molecule has 1 aliphatic heterocycles. The monoisotopic (exact) mass is 466 g/mol. The number of pyridine rings is 1.